The third-order valence-corrected chi connectivity index (χ3v) is 5.63. The number of hydrogen-bond donors (Lipinski definition) is 1. The van der Waals surface area contributed by atoms with Crippen molar-refractivity contribution in [3.8, 4) is 16.9 Å². The second-order valence-electron chi connectivity index (χ2n) is 7.65. The van der Waals surface area contributed by atoms with Crippen LogP contribution >= 0.6 is 0 Å². The third kappa shape index (κ3) is 2.44. The van der Waals surface area contributed by atoms with Gasteiger partial charge in [0.2, 0.25) is 0 Å². The second-order valence-corrected chi connectivity index (χ2v) is 7.65. The lowest BCUT2D eigenvalue weighted by molar-refractivity contribution is -0.00231. The van der Waals surface area contributed by atoms with Gasteiger partial charge in [0.25, 0.3) is 0 Å². The smallest absolute Gasteiger partial charge is 0.123 e. The molecule has 0 saturated carbocycles. The lowest BCUT2D eigenvalue weighted by Crippen LogP contribution is -2.25. The summed E-state index contributed by atoms with van der Waals surface area (Å²) in [5.41, 5.74) is 6.55. The Bertz CT molecular complexity index is 1000. The Hall–Kier alpha value is -2.32. The summed E-state index contributed by atoms with van der Waals surface area (Å²) in [5.74, 6) is 0.331. The van der Waals surface area contributed by atoms with Gasteiger partial charge in [-0.1, -0.05) is 54.8 Å². The molecule has 2 nitrogen and oxygen atoms in total. The summed E-state index contributed by atoms with van der Waals surface area (Å²) < 4.78 is 6.46. The first kappa shape index (κ1) is 17.1. The number of ether oxygens (including phenoxy) is 1. The zero-order valence-electron chi connectivity index (χ0n) is 16.0. The van der Waals surface area contributed by atoms with Crippen molar-refractivity contribution in [1.82, 2.24) is 0 Å². The van der Waals surface area contributed by atoms with Gasteiger partial charge in [0.15, 0.2) is 0 Å². The number of aromatic hydroxyl groups is 1. The zero-order chi connectivity index (χ0) is 18.5. The van der Waals surface area contributed by atoms with Gasteiger partial charge in [0.1, 0.15) is 11.4 Å². The Kier molecular flexibility index (Phi) is 4.04. The third-order valence-electron chi connectivity index (χ3n) is 5.63. The Labute approximate surface area is 155 Å². The minimum Gasteiger partial charge on any atom is -0.507 e. The van der Waals surface area contributed by atoms with Gasteiger partial charge >= 0.3 is 0 Å². The van der Waals surface area contributed by atoms with Crippen LogP contribution in [0.25, 0.3) is 21.9 Å². The van der Waals surface area contributed by atoms with E-state index in [1.807, 2.05) is 6.07 Å². The minimum absolute atomic E-state index is 0.331. The van der Waals surface area contributed by atoms with Gasteiger partial charge in [-0.05, 0) is 61.4 Å². The first-order valence-corrected chi connectivity index (χ1v) is 9.48. The summed E-state index contributed by atoms with van der Waals surface area (Å²) >= 11 is 0. The number of benzene rings is 3. The van der Waals surface area contributed by atoms with E-state index in [-0.39, 0.29) is 0 Å². The van der Waals surface area contributed by atoms with Crippen molar-refractivity contribution in [1.29, 1.82) is 0 Å². The van der Waals surface area contributed by atoms with E-state index in [1.165, 1.54) is 22.3 Å². The molecule has 2 heteroatoms. The van der Waals surface area contributed by atoms with Crippen LogP contribution in [0.5, 0.6) is 5.75 Å². The molecule has 0 saturated heterocycles. The molecule has 1 unspecified atom stereocenters. The van der Waals surface area contributed by atoms with Crippen molar-refractivity contribution in [2.45, 2.75) is 46.1 Å². The van der Waals surface area contributed by atoms with E-state index >= 15 is 0 Å². The SMILES string of the molecule is CCCCOC1(C)c2cc(C)ccc2-c2c1cc(O)c1cc(C)ccc21. The van der Waals surface area contributed by atoms with Crippen molar-refractivity contribution >= 4 is 10.8 Å². The van der Waals surface area contributed by atoms with Crippen LogP contribution in [-0.2, 0) is 10.3 Å². The van der Waals surface area contributed by atoms with Gasteiger partial charge < -0.3 is 9.84 Å². The van der Waals surface area contributed by atoms with E-state index in [0.717, 1.165) is 34.7 Å². The fourth-order valence-electron chi connectivity index (χ4n) is 4.18. The Morgan fingerprint density at radius 2 is 1.65 bits per heavy atom. The molecule has 1 N–H and O–H groups in total. The van der Waals surface area contributed by atoms with Gasteiger partial charge in [-0.3, -0.25) is 0 Å². The van der Waals surface area contributed by atoms with Crippen LogP contribution in [0.4, 0.5) is 0 Å². The van der Waals surface area contributed by atoms with Crippen LogP contribution in [0, 0.1) is 13.8 Å². The van der Waals surface area contributed by atoms with Crippen LogP contribution in [0.1, 0.15) is 48.9 Å². The van der Waals surface area contributed by atoms with Gasteiger partial charge in [-0.25, -0.2) is 0 Å². The van der Waals surface area contributed by atoms with Crippen LogP contribution in [0.3, 0.4) is 0 Å². The van der Waals surface area contributed by atoms with Crippen molar-refractivity contribution in [3.63, 3.8) is 0 Å². The summed E-state index contributed by atoms with van der Waals surface area (Å²) in [6, 6.07) is 14.8. The van der Waals surface area contributed by atoms with Crippen molar-refractivity contribution in [2.75, 3.05) is 6.61 Å². The van der Waals surface area contributed by atoms with E-state index in [1.54, 1.807) is 0 Å². The molecular weight excluding hydrogens is 320 g/mol. The normalized spacial score (nSPS) is 18.2. The first-order chi connectivity index (χ1) is 12.5. The predicted octanol–water partition coefficient (Wildman–Crippen LogP) is 6.22. The fourth-order valence-corrected chi connectivity index (χ4v) is 4.18. The molecule has 0 fully saturated rings. The van der Waals surface area contributed by atoms with Crippen LogP contribution < -0.4 is 0 Å². The van der Waals surface area contributed by atoms with E-state index in [9.17, 15) is 5.11 Å². The largest absolute Gasteiger partial charge is 0.507 e. The van der Waals surface area contributed by atoms with E-state index in [0.29, 0.717) is 12.4 Å². The number of phenolic OH excluding ortho intramolecular Hbond substituents is 1. The lowest BCUT2D eigenvalue weighted by atomic mass is 9.91. The standard InChI is InChI=1S/C24H26O2/c1-5-6-11-26-24(4)20-13-16(3)8-10-18(20)23-17-9-7-15(2)12-19(17)22(25)14-21(23)24/h7-10,12-14,25H,5-6,11H2,1-4H3. The minimum atomic E-state index is -0.525. The van der Waals surface area contributed by atoms with Crippen LogP contribution in [0.2, 0.25) is 0 Å². The van der Waals surface area contributed by atoms with Gasteiger partial charge in [-0.2, -0.15) is 0 Å². The maximum atomic E-state index is 10.7. The summed E-state index contributed by atoms with van der Waals surface area (Å²) in [6.07, 6.45) is 2.14. The highest BCUT2D eigenvalue weighted by atomic mass is 16.5. The van der Waals surface area contributed by atoms with Crippen LogP contribution in [0.15, 0.2) is 42.5 Å². The molecule has 1 atom stereocenters. The Morgan fingerprint density at radius 3 is 2.42 bits per heavy atom. The number of unbranched alkanes of at least 4 members (excludes halogenated alkanes) is 1. The summed E-state index contributed by atoms with van der Waals surface area (Å²) in [4.78, 5) is 0. The Balaban J connectivity index is 2.03. The predicted molar refractivity (Wildman–Crippen MR) is 108 cm³/mol. The molecule has 1 aliphatic carbocycles. The van der Waals surface area contributed by atoms with E-state index in [4.69, 9.17) is 4.74 Å². The number of rotatable bonds is 4. The van der Waals surface area contributed by atoms with Crippen molar-refractivity contribution < 1.29 is 9.84 Å². The van der Waals surface area contributed by atoms with E-state index < -0.39 is 5.60 Å². The number of hydrogen-bond acceptors (Lipinski definition) is 2. The quantitative estimate of drug-likeness (QED) is 0.568. The molecular formula is C24H26O2. The maximum absolute atomic E-state index is 10.7. The Morgan fingerprint density at radius 1 is 0.923 bits per heavy atom. The molecule has 134 valence electrons. The molecule has 0 amide bonds. The van der Waals surface area contributed by atoms with Gasteiger partial charge in [-0.15, -0.1) is 0 Å². The highest BCUT2D eigenvalue weighted by molar-refractivity contribution is 6.05. The molecule has 26 heavy (non-hydrogen) atoms. The first-order valence-electron chi connectivity index (χ1n) is 9.48. The van der Waals surface area contributed by atoms with Gasteiger partial charge in [0.05, 0.1) is 0 Å². The molecule has 0 aliphatic heterocycles. The summed E-state index contributed by atoms with van der Waals surface area (Å²) in [6.45, 7) is 9.21. The molecule has 0 spiro atoms. The second kappa shape index (κ2) is 6.14. The molecule has 1 aliphatic rings. The van der Waals surface area contributed by atoms with Gasteiger partial charge in [0, 0.05) is 17.6 Å². The highest BCUT2D eigenvalue weighted by Gasteiger charge is 2.41. The molecule has 0 bridgehead atoms. The average Bonchev–Trinajstić information content (AvgIpc) is 2.85. The molecule has 3 aromatic carbocycles. The monoisotopic (exact) mass is 346 g/mol. The van der Waals surface area contributed by atoms with Crippen LogP contribution in [-0.4, -0.2) is 11.7 Å². The number of aryl methyl sites for hydroxylation is 2. The van der Waals surface area contributed by atoms with Crippen molar-refractivity contribution in [2.24, 2.45) is 0 Å². The summed E-state index contributed by atoms with van der Waals surface area (Å²) in [5, 5.41) is 12.7. The van der Waals surface area contributed by atoms with Crippen molar-refractivity contribution in [3.05, 3.63) is 64.7 Å². The molecule has 0 heterocycles. The average molecular weight is 346 g/mol. The maximum Gasteiger partial charge on any atom is 0.123 e. The fraction of sp³-hybridized carbons (Fsp3) is 0.333. The molecule has 0 radical (unpaired) electrons. The molecule has 3 aromatic rings. The number of fused-ring (bicyclic) bond motifs is 5. The number of phenols is 1. The highest BCUT2D eigenvalue weighted by Crippen LogP contribution is 2.54. The zero-order valence-corrected chi connectivity index (χ0v) is 16.0. The molecule has 4 rings (SSSR count). The molecule has 0 aromatic heterocycles. The topological polar surface area (TPSA) is 29.5 Å². The van der Waals surface area contributed by atoms with E-state index in [2.05, 4.69) is 64.1 Å². The lowest BCUT2D eigenvalue weighted by Gasteiger charge is -2.28. The summed E-state index contributed by atoms with van der Waals surface area (Å²) in [7, 11) is 0.